The zero-order valence-electron chi connectivity index (χ0n) is 7.75. The van der Waals surface area contributed by atoms with Crippen LogP contribution in [0.15, 0.2) is 0 Å². The van der Waals surface area contributed by atoms with Crippen LogP contribution >= 0.6 is 0 Å². The van der Waals surface area contributed by atoms with Crippen LogP contribution in [0.5, 0.6) is 0 Å². The summed E-state index contributed by atoms with van der Waals surface area (Å²) in [4.78, 5) is 4.72. The lowest BCUT2D eigenvalue weighted by atomic mass is 10.0. The maximum atomic E-state index is 5.68. The zero-order valence-corrected chi connectivity index (χ0v) is 7.75. The summed E-state index contributed by atoms with van der Waals surface area (Å²) < 4.78 is 0. The van der Waals surface area contributed by atoms with Crippen LogP contribution in [0.2, 0.25) is 0 Å². The molecule has 1 heterocycles. The van der Waals surface area contributed by atoms with Crippen molar-refractivity contribution in [2.45, 2.75) is 19.0 Å². The minimum Gasteiger partial charge on any atom is -0.329 e. The largest absolute Gasteiger partial charge is 0.329 e. The van der Waals surface area contributed by atoms with Crippen LogP contribution in [0.3, 0.4) is 0 Å². The molecule has 0 unspecified atom stereocenters. The lowest BCUT2D eigenvalue weighted by Crippen LogP contribution is -2.58. The van der Waals surface area contributed by atoms with Gasteiger partial charge in [-0.2, -0.15) is 0 Å². The van der Waals surface area contributed by atoms with Crippen molar-refractivity contribution < 1.29 is 0 Å². The van der Waals surface area contributed by atoms with Gasteiger partial charge in [-0.15, -0.1) is 0 Å². The van der Waals surface area contributed by atoms with E-state index in [2.05, 4.69) is 30.8 Å². The number of hydrogen-bond acceptors (Lipinski definition) is 3. The minimum atomic E-state index is 0.536. The molecule has 0 aromatic rings. The van der Waals surface area contributed by atoms with E-state index in [0.29, 0.717) is 12.1 Å². The predicted octanol–water partition coefficient (Wildman–Crippen LogP) is -0.421. The third kappa shape index (κ3) is 1.72. The Morgan fingerprint density at radius 3 is 2.27 bits per heavy atom. The molecule has 0 bridgehead atoms. The highest BCUT2D eigenvalue weighted by Crippen LogP contribution is 2.12. The molecule has 0 radical (unpaired) electrons. The van der Waals surface area contributed by atoms with Gasteiger partial charge in [-0.1, -0.05) is 0 Å². The van der Waals surface area contributed by atoms with Crippen LogP contribution in [0, 0.1) is 0 Å². The van der Waals surface area contributed by atoms with E-state index in [9.17, 15) is 0 Å². The van der Waals surface area contributed by atoms with Crippen molar-refractivity contribution >= 4 is 0 Å². The molecule has 3 heteroatoms. The molecule has 0 amide bonds. The summed E-state index contributed by atoms with van der Waals surface area (Å²) in [5, 5.41) is 0. The first kappa shape index (κ1) is 8.97. The average Bonchev–Trinajstić information content (AvgIpc) is 1.99. The fourth-order valence-corrected chi connectivity index (χ4v) is 1.72. The van der Waals surface area contributed by atoms with Gasteiger partial charge in [0, 0.05) is 31.7 Å². The second-order valence-electron chi connectivity index (χ2n) is 3.50. The molecule has 11 heavy (non-hydrogen) atoms. The second-order valence-corrected chi connectivity index (χ2v) is 3.50. The summed E-state index contributed by atoms with van der Waals surface area (Å²) >= 11 is 0. The average molecular weight is 157 g/mol. The molecule has 0 aromatic heterocycles. The van der Waals surface area contributed by atoms with Crippen molar-refractivity contribution in [3.8, 4) is 0 Å². The number of hydrogen-bond donors (Lipinski definition) is 1. The highest BCUT2D eigenvalue weighted by Gasteiger charge is 2.27. The van der Waals surface area contributed by atoms with E-state index in [4.69, 9.17) is 5.73 Å². The first-order valence-electron chi connectivity index (χ1n) is 4.27. The molecular weight excluding hydrogens is 138 g/mol. The van der Waals surface area contributed by atoms with Gasteiger partial charge in [0.15, 0.2) is 0 Å². The SMILES string of the molecule is C[C@H]1[C@H](CN)N(C)CCN1C. The fourth-order valence-electron chi connectivity index (χ4n) is 1.72. The van der Waals surface area contributed by atoms with Crippen molar-refractivity contribution in [1.82, 2.24) is 9.80 Å². The minimum absolute atomic E-state index is 0.536. The molecule has 2 atom stereocenters. The van der Waals surface area contributed by atoms with Crippen molar-refractivity contribution in [2.24, 2.45) is 5.73 Å². The summed E-state index contributed by atoms with van der Waals surface area (Å²) in [6.45, 7) is 5.31. The van der Waals surface area contributed by atoms with Gasteiger partial charge in [-0.3, -0.25) is 4.90 Å². The van der Waals surface area contributed by atoms with Crippen LogP contribution in [0.25, 0.3) is 0 Å². The predicted molar refractivity (Wildman–Crippen MR) is 47.6 cm³/mol. The molecule has 0 aromatic carbocycles. The first-order valence-corrected chi connectivity index (χ1v) is 4.27. The number of likely N-dealkylation sites (N-methyl/N-ethyl adjacent to an activating group) is 2. The molecule has 1 rings (SSSR count). The van der Waals surface area contributed by atoms with E-state index in [1.54, 1.807) is 0 Å². The lowest BCUT2D eigenvalue weighted by molar-refractivity contribution is 0.0667. The van der Waals surface area contributed by atoms with E-state index in [-0.39, 0.29) is 0 Å². The molecule has 1 aliphatic heterocycles. The summed E-state index contributed by atoms with van der Waals surface area (Å²) in [7, 11) is 4.32. The molecule has 1 fully saturated rings. The molecule has 2 N–H and O–H groups in total. The smallest absolute Gasteiger partial charge is 0.0368 e. The van der Waals surface area contributed by atoms with E-state index < -0.39 is 0 Å². The zero-order chi connectivity index (χ0) is 8.43. The van der Waals surface area contributed by atoms with Gasteiger partial charge in [0.25, 0.3) is 0 Å². The van der Waals surface area contributed by atoms with Crippen LogP contribution < -0.4 is 5.73 Å². The standard InChI is InChI=1S/C8H19N3/c1-7-8(6-9)11(3)5-4-10(7)2/h7-8H,4-6,9H2,1-3H3/t7-,8-/m0/s1. The fraction of sp³-hybridized carbons (Fsp3) is 1.00. The molecule has 1 aliphatic rings. The van der Waals surface area contributed by atoms with E-state index in [1.807, 2.05) is 0 Å². The Bertz CT molecular complexity index is 127. The normalized spacial score (nSPS) is 36.0. The maximum absolute atomic E-state index is 5.68. The quantitative estimate of drug-likeness (QED) is 0.561. The van der Waals surface area contributed by atoms with Gasteiger partial charge in [-0.05, 0) is 21.0 Å². The third-order valence-electron chi connectivity index (χ3n) is 2.87. The Morgan fingerprint density at radius 2 is 1.82 bits per heavy atom. The van der Waals surface area contributed by atoms with Crippen molar-refractivity contribution in [3.63, 3.8) is 0 Å². The lowest BCUT2D eigenvalue weighted by Gasteiger charge is -2.42. The maximum Gasteiger partial charge on any atom is 0.0368 e. The topological polar surface area (TPSA) is 32.5 Å². The molecular formula is C8H19N3. The van der Waals surface area contributed by atoms with Crippen LogP contribution in [-0.2, 0) is 0 Å². The van der Waals surface area contributed by atoms with Gasteiger partial charge in [0.2, 0.25) is 0 Å². The summed E-state index contributed by atoms with van der Waals surface area (Å²) in [6.07, 6.45) is 0. The van der Waals surface area contributed by atoms with Crippen molar-refractivity contribution in [3.05, 3.63) is 0 Å². The molecule has 66 valence electrons. The summed E-state index contributed by atoms with van der Waals surface area (Å²) in [5.41, 5.74) is 5.68. The Morgan fingerprint density at radius 1 is 1.27 bits per heavy atom. The van der Waals surface area contributed by atoms with Gasteiger partial charge in [-0.25, -0.2) is 0 Å². The third-order valence-corrected chi connectivity index (χ3v) is 2.87. The van der Waals surface area contributed by atoms with E-state index in [1.165, 1.54) is 0 Å². The van der Waals surface area contributed by atoms with Crippen LogP contribution in [-0.4, -0.2) is 55.6 Å². The molecule has 1 saturated heterocycles. The highest BCUT2D eigenvalue weighted by atomic mass is 15.3. The number of nitrogens with two attached hydrogens (primary N) is 1. The van der Waals surface area contributed by atoms with Crippen molar-refractivity contribution in [1.29, 1.82) is 0 Å². The van der Waals surface area contributed by atoms with Crippen molar-refractivity contribution in [2.75, 3.05) is 33.7 Å². The van der Waals surface area contributed by atoms with Gasteiger partial charge in [0.1, 0.15) is 0 Å². The van der Waals surface area contributed by atoms with Gasteiger partial charge < -0.3 is 10.6 Å². The molecule has 3 nitrogen and oxygen atoms in total. The van der Waals surface area contributed by atoms with E-state index >= 15 is 0 Å². The Hall–Kier alpha value is -0.120. The Balaban J connectivity index is 2.55. The number of rotatable bonds is 1. The first-order chi connectivity index (χ1) is 5.16. The van der Waals surface area contributed by atoms with Crippen LogP contribution in [0.4, 0.5) is 0 Å². The molecule has 0 spiro atoms. The monoisotopic (exact) mass is 157 g/mol. The van der Waals surface area contributed by atoms with Gasteiger partial charge in [0.05, 0.1) is 0 Å². The summed E-state index contributed by atoms with van der Waals surface area (Å²) in [5.74, 6) is 0. The van der Waals surface area contributed by atoms with Gasteiger partial charge >= 0.3 is 0 Å². The number of piperazine rings is 1. The number of nitrogens with zero attached hydrogens (tertiary/aromatic N) is 2. The Labute approximate surface area is 69.1 Å². The Kier molecular flexibility index (Phi) is 2.87. The second kappa shape index (κ2) is 3.52. The summed E-state index contributed by atoms with van der Waals surface area (Å²) in [6, 6.07) is 1.13. The van der Waals surface area contributed by atoms with E-state index in [0.717, 1.165) is 19.6 Å². The highest BCUT2D eigenvalue weighted by molar-refractivity contribution is 4.86. The van der Waals surface area contributed by atoms with Crippen LogP contribution in [0.1, 0.15) is 6.92 Å². The molecule has 0 aliphatic carbocycles. The molecule has 0 saturated carbocycles.